The van der Waals surface area contributed by atoms with Gasteiger partial charge in [-0.05, 0) is 36.3 Å². The van der Waals surface area contributed by atoms with Crippen LogP contribution < -0.4 is 0 Å². The number of ether oxygens (including phenoxy) is 1. The minimum atomic E-state index is -1.96. The summed E-state index contributed by atoms with van der Waals surface area (Å²) >= 11 is 4.03. The molecule has 0 saturated carbocycles. The fraction of sp³-hybridized carbons (Fsp3) is 1.00. The van der Waals surface area contributed by atoms with E-state index in [9.17, 15) is 0 Å². The van der Waals surface area contributed by atoms with Crippen molar-refractivity contribution in [3.63, 3.8) is 0 Å². The highest BCUT2D eigenvalue weighted by Crippen LogP contribution is 2.45. The van der Waals surface area contributed by atoms with Gasteiger partial charge in [0.1, 0.15) is 12.2 Å². The lowest BCUT2D eigenvalue weighted by Crippen LogP contribution is -2.54. The molecule has 0 aromatic carbocycles. The first-order valence-corrected chi connectivity index (χ1v) is 19.3. The maximum atomic E-state index is 7.08. The molecule has 0 unspecified atom stereocenters. The van der Waals surface area contributed by atoms with Gasteiger partial charge >= 0.3 is 0 Å². The highest BCUT2D eigenvalue weighted by atomic mass is 32.2. The van der Waals surface area contributed by atoms with E-state index in [0.29, 0.717) is 21.7 Å². The van der Waals surface area contributed by atoms with Gasteiger partial charge in [0.05, 0.1) is 17.3 Å². The maximum Gasteiger partial charge on any atom is 0.192 e. The molecule has 30 heavy (non-hydrogen) atoms. The number of rotatable bonds is 9. The van der Waals surface area contributed by atoms with Crippen LogP contribution in [0.3, 0.4) is 0 Å². The first kappa shape index (κ1) is 29.0. The van der Waals surface area contributed by atoms with Crippen LogP contribution in [0.25, 0.3) is 0 Å². The predicted octanol–water partition coefficient (Wildman–Crippen LogP) is 7.78. The Morgan fingerprint density at radius 1 is 0.767 bits per heavy atom. The van der Waals surface area contributed by atoms with Crippen molar-refractivity contribution in [1.82, 2.24) is 0 Å². The Kier molecular flexibility index (Phi) is 10.2. The zero-order valence-electron chi connectivity index (χ0n) is 22.2. The van der Waals surface area contributed by atoms with Crippen molar-refractivity contribution in [2.45, 2.75) is 139 Å². The molecule has 0 aliphatic carbocycles. The molecule has 3 atom stereocenters. The topological polar surface area (TPSA) is 27.7 Å². The third kappa shape index (κ3) is 7.80. The van der Waals surface area contributed by atoms with E-state index in [1.165, 1.54) is 0 Å². The first-order valence-electron chi connectivity index (χ1n) is 11.6. The fourth-order valence-electron chi connectivity index (χ4n) is 2.88. The van der Waals surface area contributed by atoms with Crippen molar-refractivity contribution in [1.29, 1.82) is 0 Å². The van der Waals surface area contributed by atoms with Crippen molar-refractivity contribution in [2.24, 2.45) is 0 Å². The van der Waals surface area contributed by atoms with E-state index in [1.54, 1.807) is 0 Å². The molecular formula is C23H50O3S2Si2. The minimum Gasteiger partial charge on any atom is -0.409 e. The van der Waals surface area contributed by atoms with Gasteiger partial charge in [-0.1, -0.05) is 69.2 Å². The summed E-state index contributed by atoms with van der Waals surface area (Å²) in [7, 11) is -3.88. The van der Waals surface area contributed by atoms with Crippen molar-refractivity contribution in [3.8, 4) is 0 Å². The highest BCUT2D eigenvalue weighted by molar-refractivity contribution is 8.17. The summed E-state index contributed by atoms with van der Waals surface area (Å²) in [5, 5.41) is 1.44. The number of thioether (sulfide) groups is 2. The van der Waals surface area contributed by atoms with E-state index >= 15 is 0 Å². The van der Waals surface area contributed by atoms with E-state index in [4.69, 9.17) is 13.6 Å². The maximum absolute atomic E-state index is 7.08. The van der Waals surface area contributed by atoms with Crippen LogP contribution in [0, 0.1) is 0 Å². The van der Waals surface area contributed by atoms with Gasteiger partial charge in [-0.15, -0.1) is 23.5 Å². The zero-order valence-corrected chi connectivity index (χ0v) is 25.8. The largest absolute Gasteiger partial charge is 0.409 e. The molecule has 1 aliphatic rings. The van der Waals surface area contributed by atoms with Crippen molar-refractivity contribution in [3.05, 3.63) is 0 Å². The second-order valence-electron chi connectivity index (χ2n) is 12.3. The van der Waals surface area contributed by atoms with Gasteiger partial charge in [0.2, 0.25) is 0 Å². The summed E-state index contributed by atoms with van der Waals surface area (Å²) < 4.78 is 20.9. The second kappa shape index (κ2) is 10.5. The molecule has 0 radical (unpaired) electrons. The van der Waals surface area contributed by atoms with Gasteiger partial charge in [0.25, 0.3) is 0 Å². The van der Waals surface area contributed by atoms with E-state index in [2.05, 4.69) is 95.4 Å². The molecular weight excluding hydrogens is 445 g/mol. The Balaban J connectivity index is 3.26. The summed E-state index contributed by atoms with van der Waals surface area (Å²) in [6.07, 6.45) is 0.0873. The fourth-order valence-corrected chi connectivity index (χ4v) is 8.95. The lowest BCUT2D eigenvalue weighted by molar-refractivity contribution is 0.0424. The van der Waals surface area contributed by atoms with Gasteiger partial charge in [0.15, 0.2) is 16.6 Å². The molecule has 0 amide bonds. The SMILES string of the molecule is CC(C)SC(SC(C)C)[C@@H]1OC[C@@H](O[Si](C)(C)C(C)(C)C)[C@@H]1O[Si](C)(C)C(C)(C)C. The summed E-state index contributed by atoms with van der Waals surface area (Å²) in [4.78, 5) is 0. The molecule has 0 aromatic heterocycles. The molecule has 1 saturated heterocycles. The summed E-state index contributed by atoms with van der Waals surface area (Å²) in [6, 6.07) is 0. The monoisotopic (exact) mass is 494 g/mol. The van der Waals surface area contributed by atoms with Crippen LogP contribution >= 0.6 is 23.5 Å². The Labute approximate surface area is 198 Å². The number of hydrogen-bond donors (Lipinski definition) is 0. The van der Waals surface area contributed by atoms with Gasteiger partial charge in [-0.2, -0.15) is 0 Å². The Hall–Kier alpha value is 1.01. The average Bonchev–Trinajstić information content (AvgIpc) is 2.84. The molecule has 7 heteroatoms. The van der Waals surface area contributed by atoms with Crippen LogP contribution in [0.2, 0.25) is 36.3 Å². The molecule has 1 aliphatic heterocycles. The third-order valence-corrected chi connectivity index (χ3v) is 18.5. The second-order valence-corrected chi connectivity index (χ2v) is 25.6. The Morgan fingerprint density at radius 3 is 1.53 bits per heavy atom. The zero-order chi connectivity index (χ0) is 23.7. The third-order valence-electron chi connectivity index (χ3n) is 6.71. The van der Waals surface area contributed by atoms with Gasteiger partial charge in [-0.25, -0.2) is 0 Å². The van der Waals surface area contributed by atoms with E-state index < -0.39 is 16.6 Å². The van der Waals surface area contributed by atoms with Crippen molar-refractivity contribution in [2.75, 3.05) is 6.61 Å². The highest BCUT2D eigenvalue weighted by Gasteiger charge is 2.51. The average molecular weight is 495 g/mol. The van der Waals surface area contributed by atoms with E-state index in [-0.39, 0.29) is 28.4 Å². The lowest BCUT2D eigenvalue weighted by Gasteiger charge is -2.44. The molecule has 0 spiro atoms. The smallest absolute Gasteiger partial charge is 0.192 e. The normalized spacial score (nSPS) is 24.5. The molecule has 1 fully saturated rings. The number of hydrogen-bond acceptors (Lipinski definition) is 5. The summed E-state index contributed by atoms with van der Waals surface area (Å²) in [6.45, 7) is 33.0. The molecule has 0 aromatic rings. The summed E-state index contributed by atoms with van der Waals surface area (Å²) in [5.41, 5.74) is 0. The minimum absolute atomic E-state index is 0.00233. The molecule has 3 nitrogen and oxygen atoms in total. The Bertz CT molecular complexity index is 530. The van der Waals surface area contributed by atoms with Gasteiger partial charge in [-0.3, -0.25) is 0 Å². The van der Waals surface area contributed by atoms with Crippen molar-refractivity contribution >= 4 is 40.2 Å². The molecule has 1 rings (SSSR count). The van der Waals surface area contributed by atoms with Crippen LogP contribution in [0.4, 0.5) is 0 Å². The summed E-state index contributed by atoms with van der Waals surface area (Å²) in [5.74, 6) is 0. The van der Waals surface area contributed by atoms with E-state index in [0.717, 1.165) is 0 Å². The molecule has 0 N–H and O–H groups in total. The van der Waals surface area contributed by atoms with Crippen molar-refractivity contribution < 1.29 is 13.6 Å². The Morgan fingerprint density at radius 2 is 1.17 bits per heavy atom. The van der Waals surface area contributed by atoms with Crippen LogP contribution in [0.5, 0.6) is 0 Å². The molecule has 1 heterocycles. The lowest BCUT2D eigenvalue weighted by atomic mass is 10.2. The predicted molar refractivity (Wildman–Crippen MR) is 143 cm³/mol. The van der Waals surface area contributed by atoms with Gasteiger partial charge in [0, 0.05) is 10.5 Å². The van der Waals surface area contributed by atoms with Gasteiger partial charge < -0.3 is 13.6 Å². The standard InChI is InChI=1S/C23H50O3S2Si2/c1-16(2)27-21(28-17(3)4)20-19(26-30(13,14)23(8,9)10)18(15-24-20)25-29(11,12)22(5,6)7/h16-21H,15H2,1-14H3/t18-,19+,20-/m1/s1. The quantitative estimate of drug-likeness (QED) is 0.241. The van der Waals surface area contributed by atoms with Crippen LogP contribution in [0.15, 0.2) is 0 Å². The van der Waals surface area contributed by atoms with Crippen LogP contribution in [-0.4, -0.2) is 56.6 Å². The van der Waals surface area contributed by atoms with E-state index in [1.807, 2.05) is 23.5 Å². The van der Waals surface area contributed by atoms with Crippen LogP contribution in [-0.2, 0) is 13.6 Å². The molecule has 180 valence electrons. The van der Waals surface area contributed by atoms with Crippen LogP contribution in [0.1, 0.15) is 69.2 Å². The first-order chi connectivity index (χ1) is 13.3. The molecule has 0 bridgehead atoms.